The summed E-state index contributed by atoms with van der Waals surface area (Å²) in [4.78, 5) is 2.53. The topological polar surface area (TPSA) is 3.24 Å². The fourth-order valence-electron chi connectivity index (χ4n) is 2.01. The first-order chi connectivity index (χ1) is 7.24. The molecule has 0 amide bonds. The fourth-order valence-corrected chi connectivity index (χ4v) is 2.01. The van der Waals surface area contributed by atoms with Crippen LogP contribution in [0.1, 0.15) is 66.2 Å². The Bertz CT molecular complexity index is 119. The zero-order valence-electron chi connectivity index (χ0n) is 11.4. The van der Waals surface area contributed by atoms with Crippen molar-refractivity contribution in [3.8, 4) is 0 Å². The normalized spacial score (nSPS) is 13.4. The molecule has 0 spiro atoms. The summed E-state index contributed by atoms with van der Waals surface area (Å²) in [5.74, 6) is 0.919. The summed E-state index contributed by atoms with van der Waals surface area (Å²) in [5, 5.41) is 0. The van der Waals surface area contributed by atoms with E-state index in [0.29, 0.717) is 0 Å². The van der Waals surface area contributed by atoms with Gasteiger partial charge in [0.25, 0.3) is 0 Å². The van der Waals surface area contributed by atoms with Gasteiger partial charge in [-0.1, -0.05) is 59.8 Å². The van der Waals surface area contributed by atoms with Gasteiger partial charge in [-0.25, -0.2) is 0 Å². The van der Waals surface area contributed by atoms with Crippen LogP contribution in [-0.2, 0) is 0 Å². The molecular weight excluding hydrogens is 182 g/mol. The first-order valence-corrected chi connectivity index (χ1v) is 6.96. The van der Waals surface area contributed by atoms with Crippen LogP contribution in [0.5, 0.6) is 0 Å². The van der Waals surface area contributed by atoms with Gasteiger partial charge in [-0.05, 0) is 32.0 Å². The Balaban J connectivity index is 3.35. The Morgan fingerprint density at radius 1 is 0.867 bits per heavy atom. The Morgan fingerprint density at radius 2 is 1.53 bits per heavy atom. The fraction of sp³-hybridized carbons (Fsp3) is 1.00. The molecule has 1 unspecified atom stereocenters. The SMILES string of the molecule is CCCCCCC(C)CCN(CC)CC. The van der Waals surface area contributed by atoms with Crippen molar-refractivity contribution in [2.45, 2.75) is 66.2 Å². The highest BCUT2D eigenvalue weighted by Gasteiger charge is 2.04. The molecule has 0 aromatic rings. The van der Waals surface area contributed by atoms with Gasteiger partial charge in [0.15, 0.2) is 0 Å². The average Bonchev–Trinajstić information content (AvgIpc) is 2.26. The van der Waals surface area contributed by atoms with Gasteiger partial charge in [0, 0.05) is 0 Å². The van der Waals surface area contributed by atoms with Crippen LogP contribution in [0.25, 0.3) is 0 Å². The van der Waals surface area contributed by atoms with E-state index in [1.165, 1.54) is 58.2 Å². The van der Waals surface area contributed by atoms with Crippen molar-refractivity contribution < 1.29 is 0 Å². The van der Waals surface area contributed by atoms with Crippen molar-refractivity contribution >= 4 is 0 Å². The van der Waals surface area contributed by atoms with Crippen LogP contribution in [0.3, 0.4) is 0 Å². The third-order valence-electron chi connectivity index (χ3n) is 3.38. The number of rotatable bonds is 10. The highest BCUT2D eigenvalue weighted by Crippen LogP contribution is 2.14. The summed E-state index contributed by atoms with van der Waals surface area (Å²) in [6, 6.07) is 0. The minimum Gasteiger partial charge on any atom is -0.304 e. The van der Waals surface area contributed by atoms with Crippen molar-refractivity contribution in [2.24, 2.45) is 5.92 Å². The van der Waals surface area contributed by atoms with Crippen LogP contribution in [-0.4, -0.2) is 24.5 Å². The number of unbranched alkanes of at least 4 members (excludes halogenated alkanes) is 3. The minimum atomic E-state index is 0.919. The lowest BCUT2D eigenvalue weighted by atomic mass is 9.99. The molecular formula is C14H31N. The quantitative estimate of drug-likeness (QED) is 0.488. The van der Waals surface area contributed by atoms with Crippen LogP contribution >= 0.6 is 0 Å². The molecule has 1 heteroatoms. The largest absolute Gasteiger partial charge is 0.304 e. The molecule has 0 heterocycles. The highest BCUT2D eigenvalue weighted by atomic mass is 15.1. The third-order valence-corrected chi connectivity index (χ3v) is 3.38. The average molecular weight is 213 g/mol. The Labute approximate surface area is 97.2 Å². The van der Waals surface area contributed by atoms with Crippen LogP contribution in [0.15, 0.2) is 0 Å². The van der Waals surface area contributed by atoms with Crippen LogP contribution in [0.4, 0.5) is 0 Å². The molecule has 0 saturated heterocycles. The van der Waals surface area contributed by atoms with E-state index in [2.05, 4.69) is 32.6 Å². The molecule has 0 N–H and O–H groups in total. The summed E-state index contributed by atoms with van der Waals surface area (Å²) in [6.45, 7) is 12.9. The monoisotopic (exact) mass is 213 g/mol. The van der Waals surface area contributed by atoms with E-state index in [0.717, 1.165) is 5.92 Å². The van der Waals surface area contributed by atoms with Crippen molar-refractivity contribution in [3.05, 3.63) is 0 Å². The molecule has 0 fully saturated rings. The van der Waals surface area contributed by atoms with Gasteiger partial charge in [-0.15, -0.1) is 0 Å². The first-order valence-electron chi connectivity index (χ1n) is 6.96. The molecule has 0 radical (unpaired) electrons. The summed E-state index contributed by atoms with van der Waals surface area (Å²) in [6.07, 6.45) is 8.46. The zero-order valence-corrected chi connectivity index (χ0v) is 11.4. The summed E-state index contributed by atoms with van der Waals surface area (Å²) in [7, 11) is 0. The van der Waals surface area contributed by atoms with Crippen molar-refractivity contribution in [1.29, 1.82) is 0 Å². The van der Waals surface area contributed by atoms with Crippen molar-refractivity contribution in [3.63, 3.8) is 0 Å². The van der Waals surface area contributed by atoms with Gasteiger partial charge in [0.1, 0.15) is 0 Å². The number of hydrogen-bond acceptors (Lipinski definition) is 1. The van der Waals surface area contributed by atoms with E-state index in [9.17, 15) is 0 Å². The molecule has 0 aromatic carbocycles. The maximum atomic E-state index is 2.53. The van der Waals surface area contributed by atoms with E-state index in [1.54, 1.807) is 0 Å². The molecule has 1 atom stereocenters. The van der Waals surface area contributed by atoms with Crippen LogP contribution < -0.4 is 0 Å². The van der Waals surface area contributed by atoms with Gasteiger partial charge >= 0.3 is 0 Å². The van der Waals surface area contributed by atoms with E-state index in [4.69, 9.17) is 0 Å². The molecule has 0 aromatic heterocycles. The number of hydrogen-bond donors (Lipinski definition) is 0. The molecule has 1 nitrogen and oxygen atoms in total. The number of nitrogens with zero attached hydrogens (tertiary/aromatic N) is 1. The Kier molecular flexibility index (Phi) is 10.4. The summed E-state index contributed by atoms with van der Waals surface area (Å²) in [5.41, 5.74) is 0. The summed E-state index contributed by atoms with van der Waals surface area (Å²) < 4.78 is 0. The predicted molar refractivity (Wildman–Crippen MR) is 70.3 cm³/mol. The molecule has 0 aliphatic heterocycles. The van der Waals surface area contributed by atoms with E-state index in [1.807, 2.05) is 0 Å². The van der Waals surface area contributed by atoms with Crippen LogP contribution in [0, 0.1) is 5.92 Å². The van der Waals surface area contributed by atoms with E-state index in [-0.39, 0.29) is 0 Å². The molecule has 0 saturated carbocycles. The van der Waals surface area contributed by atoms with Crippen LogP contribution in [0.2, 0.25) is 0 Å². The lowest BCUT2D eigenvalue weighted by Crippen LogP contribution is -2.25. The van der Waals surface area contributed by atoms with E-state index >= 15 is 0 Å². The highest BCUT2D eigenvalue weighted by molar-refractivity contribution is 4.59. The second kappa shape index (κ2) is 10.5. The van der Waals surface area contributed by atoms with Gasteiger partial charge in [-0.2, -0.15) is 0 Å². The second-order valence-electron chi connectivity index (χ2n) is 4.77. The Morgan fingerprint density at radius 3 is 2.07 bits per heavy atom. The Hall–Kier alpha value is -0.0400. The lowest BCUT2D eigenvalue weighted by Gasteiger charge is -2.20. The smallest absolute Gasteiger partial charge is 0.00164 e. The maximum absolute atomic E-state index is 2.53. The molecule has 0 aliphatic carbocycles. The molecule has 15 heavy (non-hydrogen) atoms. The first kappa shape index (κ1) is 15.0. The van der Waals surface area contributed by atoms with Gasteiger partial charge < -0.3 is 4.90 Å². The van der Waals surface area contributed by atoms with Gasteiger partial charge in [-0.3, -0.25) is 0 Å². The van der Waals surface area contributed by atoms with Gasteiger partial charge in [0.05, 0.1) is 0 Å². The van der Waals surface area contributed by atoms with Crippen molar-refractivity contribution in [1.82, 2.24) is 4.90 Å². The van der Waals surface area contributed by atoms with Crippen molar-refractivity contribution in [2.75, 3.05) is 19.6 Å². The maximum Gasteiger partial charge on any atom is -0.00164 e. The summed E-state index contributed by atoms with van der Waals surface area (Å²) >= 11 is 0. The predicted octanol–water partition coefficient (Wildman–Crippen LogP) is 4.32. The standard InChI is InChI=1S/C14H31N/c1-5-8-9-10-11-14(4)12-13-15(6-2)7-3/h14H,5-13H2,1-4H3. The molecule has 92 valence electrons. The van der Waals surface area contributed by atoms with E-state index < -0.39 is 0 Å². The minimum absolute atomic E-state index is 0.919. The molecule has 0 rings (SSSR count). The second-order valence-corrected chi connectivity index (χ2v) is 4.77. The zero-order chi connectivity index (χ0) is 11.5. The lowest BCUT2D eigenvalue weighted by molar-refractivity contribution is 0.274. The molecule has 0 aliphatic rings. The molecule has 0 bridgehead atoms. The third kappa shape index (κ3) is 8.92. The van der Waals surface area contributed by atoms with Gasteiger partial charge in [0.2, 0.25) is 0 Å².